The summed E-state index contributed by atoms with van der Waals surface area (Å²) >= 11 is 0. The van der Waals surface area contributed by atoms with Crippen molar-refractivity contribution in [2.45, 2.75) is 65.3 Å². The summed E-state index contributed by atoms with van der Waals surface area (Å²) in [6.07, 6.45) is 5.20. The van der Waals surface area contributed by atoms with Gasteiger partial charge in [0.1, 0.15) is 6.04 Å². The standard InChI is InChI=1S/C18H33N3O4/c1-4-5-8-15(12-21(25)13-22)17(23)19-16(11-14(2)3)18(24)20-9-6-7-10-20/h13-16,25H,4-12H2,1-3H3,(H,19,23)/t15?,16-/m0/s1. The lowest BCUT2D eigenvalue weighted by Crippen LogP contribution is -2.51. The van der Waals surface area contributed by atoms with E-state index < -0.39 is 12.0 Å². The number of hydrogen-bond acceptors (Lipinski definition) is 4. The molecule has 2 N–H and O–H groups in total. The van der Waals surface area contributed by atoms with Gasteiger partial charge in [-0.1, -0.05) is 33.6 Å². The van der Waals surface area contributed by atoms with E-state index in [-0.39, 0.29) is 24.3 Å². The Labute approximate surface area is 150 Å². The molecule has 25 heavy (non-hydrogen) atoms. The Morgan fingerprint density at radius 1 is 1.28 bits per heavy atom. The van der Waals surface area contributed by atoms with Gasteiger partial charge in [-0.15, -0.1) is 0 Å². The van der Waals surface area contributed by atoms with E-state index in [1.807, 2.05) is 25.7 Å². The molecule has 1 unspecified atom stereocenters. The molecule has 1 aliphatic heterocycles. The summed E-state index contributed by atoms with van der Waals surface area (Å²) in [7, 11) is 0. The van der Waals surface area contributed by atoms with Crippen molar-refractivity contribution in [2.75, 3.05) is 19.6 Å². The Morgan fingerprint density at radius 3 is 2.44 bits per heavy atom. The highest BCUT2D eigenvalue weighted by atomic mass is 16.5. The second-order valence-electron chi connectivity index (χ2n) is 7.29. The van der Waals surface area contributed by atoms with Crippen LogP contribution in [0.1, 0.15) is 59.3 Å². The fourth-order valence-corrected chi connectivity index (χ4v) is 3.17. The van der Waals surface area contributed by atoms with Gasteiger partial charge in [-0.3, -0.25) is 19.6 Å². The molecule has 0 aromatic carbocycles. The molecule has 144 valence electrons. The Morgan fingerprint density at radius 2 is 1.92 bits per heavy atom. The number of carbonyl (C=O) groups is 3. The van der Waals surface area contributed by atoms with Gasteiger partial charge in [0.05, 0.1) is 12.5 Å². The Bertz CT molecular complexity index is 436. The molecule has 1 saturated heterocycles. The van der Waals surface area contributed by atoms with Crippen molar-refractivity contribution in [3.8, 4) is 0 Å². The van der Waals surface area contributed by atoms with Gasteiger partial charge in [0.15, 0.2) is 0 Å². The van der Waals surface area contributed by atoms with Crippen molar-refractivity contribution < 1.29 is 19.6 Å². The lowest BCUT2D eigenvalue weighted by molar-refractivity contribution is -0.155. The molecule has 0 aliphatic carbocycles. The van der Waals surface area contributed by atoms with Crippen molar-refractivity contribution in [2.24, 2.45) is 11.8 Å². The van der Waals surface area contributed by atoms with E-state index in [9.17, 15) is 19.6 Å². The fraction of sp³-hybridized carbons (Fsp3) is 0.833. The zero-order valence-corrected chi connectivity index (χ0v) is 15.7. The number of nitrogens with zero attached hydrogens (tertiary/aromatic N) is 2. The van der Waals surface area contributed by atoms with Crippen LogP contribution in [-0.4, -0.2) is 59.1 Å². The van der Waals surface area contributed by atoms with Crippen molar-refractivity contribution in [1.82, 2.24) is 15.3 Å². The molecule has 0 aromatic heterocycles. The lowest BCUT2D eigenvalue weighted by atomic mass is 9.98. The summed E-state index contributed by atoms with van der Waals surface area (Å²) in [6.45, 7) is 7.50. The minimum Gasteiger partial charge on any atom is -0.344 e. The number of likely N-dealkylation sites (tertiary alicyclic amines) is 1. The smallest absolute Gasteiger partial charge is 0.245 e. The zero-order chi connectivity index (χ0) is 18.8. The van der Waals surface area contributed by atoms with E-state index >= 15 is 0 Å². The van der Waals surface area contributed by atoms with Gasteiger partial charge in [-0.25, -0.2) is 5.06 Å². The van der Waals surface area contributed by atoms with Gasteiger partial charge in [0.25, 0.3) is 0 Å². The van der Waals surface area contributed by atoms with Crippen LogP contribution in [0.3, 0.4) is 0 Å². The van der Waals surface area contributed by atoms with E-state index in [4.69, 9.17) is 0 Å². The van der Waals surface area contributed by atoms with Gasteiger partial charge in [-0.05, 0) is 31.6 Å². The molecule has 1 fully saturated rings. The maximum absolute atomic E-state index is 12.7. The first kappa shape index (κ1) is 21.4. The van der Waals surface area contributed by atoms with Gasteiger partial charge in [0.2, 0.25) is 18.2 Å². The predicted octanol–water partition coefficient (Wildman–Crippen LogP) is 1.79. The Balaban J connectivity index is 2.77. The number of nitrogens with one attached hydrogen (secondary N) is 1. The van der Waals surface area contributed by atoms with Crippen molar-refractivity contribution in [1.29, 1.82) is 0 Å². The topological polar surface area (TPSA) is 90.0 Å². The molecular weight excluding hydrogens is 322 g/mol. The highest BCUT2D eigenvalue weighted by Crippen LogP contribution is 2.16. The van der Waals surface area contributed by atoms with Crippen LogP contribution in [0.2, 0.25) is 0 Å². The molecule has 0 spiro atoms. The number of hydroxylamine groups is 2. The summed E-state index contributed by atoms with van der Waals surface area (Å²) in [5.74, 6) is -0.538. The quantitative estimate of drug-likeness (QED) is 0.336. The largest absolute Gasteiger partial charge is 0.344 e. The van der Waals surface area contributed by atoms with Crippen LogP contribution in [0.4, 0.5) is 0 Å². The summed E-state index contributed by atoms with van der Waals surface area (Å²) in [4.78, 5) is 37.9. The number of hydrogen-bond donors (Lipinski definition) is 2. The third kappa shape index (κ3) is 7.42. The SMILES string of the molecule is CCCCC(CN(O)C=O)C(=O)N[C@@H](CC(C)C)C(=O)N1CCCC1. The molecule has 0 aromatic rings. The normalized spacial score (nSPS) is 16.6. The monoisotopic (exact) mass is 355 g/mol. The third-order valence-corrected chi connectivity index (χ3v) is 4.55. The van der Waals surface area contributed by atoms with Crippen LogP contribution >= 0.6 is 0 Å². The molecule has 3 amide bonds. The molecule has 1 aliphatic rings. The van der Waals surface area contributed by atoms with Crippen molar-refractivity contribution >= 4 is 18.2 Å². The highest BCUT2D eigenvalue weighted by Gasteiger charge is 2.30. The molecule has 0 bridgehead atoms. The molecule has 7 heteroatoms. The fourth-order valence-electron chi connectivity index (χ4n) is 3.17. The maximum Gasteiger partial charge on any atom is 0.245 e. The molecule has 0 saturated carbocycles. The van der Waals surface area contributed by atoms with Gasteiger partial charge >= 0.3 is 0 Å². The van der Waals surface area contributed by atoms with Crippen LogP contribution < -0.4 is 5.32 Å². The molecule has 2 atom stereocenters. The van der Waals surface area contributed by atoms with E-state index in [2.05, 4.69) is 5.32 Å². The number of carbonyl (C=O) groups excluding carboxylic acids is 3. The first-order valence-corrected chi connectivity index (χ1v) is 9.39. The van der Waals surface area contributed by atoms with Crippen LogP contribution in [0.25, 0.3) is 0 Å². The second-order valence-corrected chi connectivity index (χ2v) is 7.29. The van der Waals surface area contributed by atoms with E-state index in [1.165, 1.54) is 0 Å². The van der Waals surface area contributed by atoms with Gasteiger partial charge in [-0.2, -0.15) is 0 Å². The minimum absolute atomic E-state index is 0.0231. The van der Waals surface area contributed by atoms with Crippen molar-refractivity contribution in [3.05, 3.63) is 0 Å². The molecule has 1 heterocycles. The van der Waals surface area contributed by atoms with E-state index in [0.717, 1.165) is 38.8 Å². The van der Waals surface area contributed by atoms with Crippen molar-refractivity contribution in [3.63, 3.8) is 0 Å². The molecule has 0 radical (unpaired) electrons. The summed E-state index contributed by atoms with van der Waals surface area (Å²) < 4.78 is 0. The van der Waals surface area contributed by atoms with Crippen LogP contribution in [0, 0.1) is 11.8 Å². The number of unbranched alkanes of at least 4 members (excludes halogenated alkanes) is 1. The Kier molecular flexibility index (Phi) is 9.49. The number of amides is 3. The third-order valence-electron chi connectivity index (χ3n) is 4.55. The Hall–Kier alpha value is -1.63. The lowest BCUT2D eigenvalue weighted by Gasteiger charge is -2.27. The molecule has 1 rings (SSSR count). The maximum atomic E-state index is 12.7. The first-order chi connectivity index (χ1) is 11.9. The summed E-state index contributed by atoms with van der Waals surface area (Å²) in [5, 5.41) is 12.8. The van der Waals surface area contributed by atoms with Crippen LogP contribution in [0.5, 0.6) is 0 Å². The van der Waals surface area contributed by atoms with E-state index in [0.29, 0.717) is 24.3 Å². The second kappa shape index (κ2) is 11.1. The van der Waals surface area contributed by atoms with Crippen LogP contribution in [0.15, 0.2) is 0 Å². The van der Waals surface area contributed by atoms with E-state index in [1.54, 1.807) is 0 Å². The molecule has 7 nitrogen and oxygen atoms in total. The summed E-state index contributed by atoms with van der Waals surface area (Å²) in [6, 6.07) is -0.543. The average Bonchev–Trinajstić information content (AvgIpc) is 3.10. The number of rotatable bonds is 11. The minimum atomic E-state index is -0.543. The average molecular weight is 355 g/mol. The molecular formula is C18H33N3O4. The van der Waals surface area contributed by atoms with Gasteiger partial charge in [0, 0.05) is 13.1 Å². The first-order valence-electron chi connectivity index (χ1n) is 9.39. The zero-order valence-electron chi connectivity index (χ0n) is 15.7. The summed E-state index contributed by atoms with van der Waals surface area (Å²) in [5.41, 5.74) is 0. The predicted molar refractivity (Wildman–Crippen MR) is 94.8 cm³/mol. The van der Waals surface area contributed by atoms with Crippen LogP contribution in [-0.2, 0) is 14.4 Å². The van der Waals surface area contributed by atoms with Gasteiger partial charge < -0.3 is 10.2 Å². The highest BCUT2D eigenvalue weighted by molar-refractivity contribution is 5.88.